The summed E-state index contributed by atoms with van der Waals surface area (Å²) >= 11 is 1.28. The number of amides is 4. The van der Waals surface area contributed by atoms with Crippen LogP contribution in [0.5, 0.6) is 0 Å². The molecule has 0 spiro atoms. The van der Waals surface area contributed by atoms with Gasteiger partial charge in [-0.15, -0.1) is 11.8 Å². The second-order valence-electron chi connectivity index (χ2n) is 10.6. The van der Waals surface area contributed by atoms with Gasteiger partial charge in [-0.25, -0.2) is 0 Å². The number of rotatable bonds is 11. The second-order valence-corrected chi connectivity index (χ2v) is 11.8. The van der Waals surface area contributed by atoms with Crippen molar-refractivity contribution in [1.82, 2.24) is 5.32 Å². The van der Waals surface area contributed by atoms with Gasteiger partial charge in [0.2, 0.25) is 5.91 Å². The molecular formula is C38H32N4O4S. The minimum absolute atomic E-state index is 0.0652. The molecule has 9 heteroatoms. The van der Waals surface area contributed by atoms with Crippen molar-refractivity contribution in [3.8, 4) is 0 Å². The predicted octanol–water partition coefficient (Wildman–Crippen LogP) is 6.98. The summed E-state index contributed by atoms with van der Waals surface area (Å²) < 4.78 is 0. The molecule has 1 atom stereocenters. The van der Waals surface area contributed by atoms with E-state index in [1.165, 1.54) is 11.8 Å². The monoisotopic (exact) mass is 640 g/mol. The molecule has 8 nitrogen and oxygen atoms in total. The first-order chi connectivity index (χ1) is 22.8. The van der Waals surface area contributed by atoms with E-state index in [0.717, 1.165) is 16.7 Å². The number of carbonyl (C=O) groups is 4. The number of thioether (sulfide) groups is 1. The first kappa shape index (κ1) is 32.5. The van der Waals surface area contributed by atoms with Crippen LogP contribution in [0.25, 0.3) is 6.08 Å². The number of nitrogens with two attached hydrogens (primary N) is 1. The molecule has 0 bridgehead atoms. The van der Waals surface area contributed by atoms with Gasteiger partial charge in [-0.2, -0.15) is 0 Å². The second kappa shape index (κ2) is 15.4. The van der Waals surface area contributed by atoms with Crippen molar-refractivity contribution in [2.75, 3.05) is 10.6 Å². The van der Waals surface area contributed by atoms with Crippen LogP contribution in [0.3, 0.4) is 0 Å². The zero-order valence-electron chi connectivity index (χ0n) is 25.5. The molecule has 5 aromatic rings. The lowest BCUT2D eigenvalue weighted by Gasteiger charge is -2.18. The number of carbonyl (C=O) groups excluding carboxylic acids is 4. The molecule has 0 radical (unpaired) electrons. The topological polar surface area (TPSA) is 130 Å². The first-order valence-electron chi connectivity index (χ1n) is 14.7. The van der Waals surface area contributed by atoms with Crippen molar-refractivity contribution in [3.05, 3.63) is 167 Å². The van der Waals surface area contributed by atoms with Gasteiger partial charge in [0, 0.05) is 16.1 Å². The lowest BCUT2D eigenvalue weighted by atomic mass is 10.1. The number of benzene rings is 5. The van der Waals surface area contributed by atoms with Crippen molar-refractivity contribution in [3.63, 3.8) is 0 Å². The van der Waals surface area contributed by atoms with E-state index in [1.54, 1.807) is 72.8 Å². The standard InChI is InChI=1S/C38H32N4O4S/c1-25-19-21-26(22-20-25)23-33(42-36(44)28-13-6-3-7-14-28)37(45)40-29-15-10-16-30(24-29)47-34(27-11-4-2-5-12-27)38(46)41-32-18-9-8-17-31(32)35(39)43/h2-24,34H,1H3,(H2,39,43)(H,40,45)(H,41,46)(H,42,44)/b33-23+. The minimum atomic E-state index is -0.703. The van der Waals surface area contributed by atoms with Crippen molar-refractivity contribution in [1.29, 1.82) is 0 Å². The highest BCUT2D eigenvalue weighted by Gasteiger charge is 2.24. The van der Waals surface area contributed by atoms with Crippen LogP contribution in [0.4, 0.5) is 11.4 Å². The minimum Gasteiger partial charge on any atom is -0.366 e. The smallest absolute Gasteiger partial charge is 0.272 e. The van der Waals surface area contributed by atoms with Gasteiger partial charge in [-0.05, 0) is 66.6 Å². The van der Waals surface area contributed by atoms with E-state index in [0.29, 0.717) is 21.8 Å². The lowest BCUT2D eigenvalue weighted by molar-refractivity contribution is -0.116. The fourth-order valence-corrected chi connectivity index (χ4v) is 5.74. The maximum Gasteiger partial charge on any atom is 0.272 e. The van der Waals surface area contributed by atoms with Crippen molar-refractivity contribution in [2.24, 2.45) is 5.73 Å². The van der Waals surface area contributed by atoms with Crippen LogP contribution in [0.2, 0.25) is 0 Å². The Labute approximate surface area is 277 Å². The molecule has 0 heterocycles. The predicted molar refractivity (Wildman–Crippen MR) is 187 cm³/mol. The third kappa shape index (κ3) is 8.84. The molecule has 0 aliphatic heterocycles. The number of hydrogen-bond donors (Lipinski definition) is 4. The van der Waals surface area contributed by atoms with Crippen LogP contribution in [-0.4, -0.2) is 23.6 Å². The molecule has 234 valence electrons. The maximum absolute atomic E-state index is 13.7. The van der Waals surface area contributed by atoms with E-state index in [1.807, 2.05) is 73.7 Å². The van der Waals surface area contributed by atoms with Crippen LogP contribution >= 0.6 is 11.8 Å². The molecule has 0 saturated carbocycles. The average molecular weight is 641 g/mol. The molecule has 5 aromatic carbocycles. The van der Waals surface area contributed by atoms with E-state index in [2.05, 4.69) is 16.0 Å². The van der Waals surface area contributed by atoms with Crippen LogP contribution in [0.1, 0.15) is 42.7 Å². The zero-order valence-corrected chi connectivity index (χ0v) is 26.3. The first-order valence-corrected chi connectivity index (χ1v) is 15.6. The molecule has 0 aromatic heterocycles. The van der Waals surface area contributed by atoms with Gasteiger partial charge in [0.15, 0.2) is 0 Å². The number of hydrogen-bond acceptors (Lipinski definition) is 5. The Balaban J connectivity index is 1.38. The highest BCUT2D eigenvalue weighted by Crippen LogP contribution is 2.37. The quantitative estimate of drug-likeness (QED) is 0.0915. The van der Waals surface area contributed by atoms with E-state index in [4.69, 9.17) is 5.73 Å². The van der Waals surface area contributed by atoms with Crippen LogP contribution in [-0.2, 0) is 9.59 Å². The Morgan fingerprint density at radius 3 is 2.09 bits per heavy atom. The van der Waals surface area contributed by atoms with Crippen molar-refractivity contribution in [2.45, 2.75) is 17.1 Å². The van der Waals surface area contributed by atoms with Gasteiger partial charge in [0.25, 0.3) is 17.7 Å². The molecule has 0 aliphatic rings. The van der Waals surface area contributed by atoms with Crippen LogP contribution in [0, 0.1) is 6.92 Å². The van der Waals surface area contributed by atoms with E-state index in [9.17, 15) is 19.2 Å². The Kier molecular flexibility index (Phi) is 10.6. The Morgan fingerprint density at radius 2 is 1.38 bits per heavy atom. The molecule has 4 amide bonds. The lowest BCUT2D eigenvalue weighted by Crippen LogP contribution is -2.30. The molecule has 5 N–H and O–H groups in total. The van der Waals surface area contributed by atoms with Gasteiger partial charge >= 0.3 is 0 Å². The van der Waals surface area contributed by atoms with E-state index in [-0.39, 0.29) is 17.2 Å². The van der Waals surface area contributed by atoms with Crippen LogP contribution < -0.4 is 21.7 Å². The zero-order chi connectivity index (χ0) is 33.2. The SMILES string of the molecule is Cc1ccc(/C=C(/NC(=O)c2ccccc2)C(=O)Nc2cccc(SC(C(=O)Nc3ccccc3C(N)=O)c3ccccc3)c2)cc1. The molecule has 47 heavy (non-hydrogen) atoms. The van der Waals surface area contributed by atoms with Gasteiger partial charge in [0.05, 0.1) is 11.3 Å². The Bertz CT molecular complexity index is 1930. The molecule has 5 rings (SSSR count). The van der Waals surface area contributed by atoms with Gasteiger partial charge < -0.3 is 21.7 Å². The number of aryl methyl sites for hydroxylation is 1. The van der Waals surface area contributed by atoms with E-state index < -0.39 is 23.0 Å². The molecule has 1 unspecified atom stereocenters. The third-order valence-electron chi connectivity index (χ3n) is 7.05. The summed E-state index contributed by atoms with van der Waals surface area (Å²) in [6.45, 7) is 1.97. The summed E-state index contributed by atoms with van der Waals surface area (Å²) in [6.07, 6.45) is 1.62. The number of para-hydroxylation sites is 1. The van der Waals surface area contributed by atoms with Crippen LogP contribution in [0.15, 0.2) is 144 Å². The van der Waals surface area contributed by atoms with Gasteiger partial charge in [-0.3, -0.25) is 19.2 Å². The average Bonchev–Trinajstić information content (AvgIpc) is 3.09. The van der Waals surface area contributed by atoms with Crippen molar-refractivity contribution < 1.29 is 19.2 Å². The molecule has 0 fully saturated rings. The number of nitrogens with one attached hydrogen (secondary N) is 3. The number of anilines is 2. The third-order valence-corrected chi connectivity index (χ3v) is 8.30. The normalized spacial score (nSPS) is 11.6. The summed E-state index contributed by atoms with van der Waals surface area (Å²) in [4.78, 5) is 52.9. The number of primary amides is 1. The summed E-state index contributed by atoms with van der Waals surface area (Å²) in [6, 6.07) is 39.1. The van der Waals surface area contributed by atoms with E-state index >= 15 is 0 Å². The summed E-state index contributed by atoms with van der Waals surface area (Å²) in [5.74, 6) is -1.93. The van der Waals surface area contributed by atoms with Gasteiger partial charge in [0.1, 0.15) is 10.9 Å². The molecule has 0 saturated heterocycles. The highest BCUT2D eigenvalue weighted by atomic mass is 32.2. The maximum atomic E-state index is 13.7. The molecule has 0 aliphatic carbocycles. The van der Waals surface area contributed by atoms with Gasteiger partial charge in [-0.1, -0.05) is 96.6 Å². The summed E-state index contributed by atoms with van der Waals surface area (Å²) in [5.41, 5.74) is 9.55. The Hall–Kier alpha value is -5.93. The summed E-state index contributed by atoms with van der Waals surface area (Å²) in [5, 5.41) is 7.79. The fourth-order valence-electron chi connectivity index (χ4n) is 4.66. The Morgan fingerprint density at radius 1 is 0.723 bits per heavy atom. The summed E-state index contributed by atoms with van der Waals surface area (Å²) in [7, 11) is 0. The largest absolute Gasteiger partial charge is 0.366 e. The highest BCUT2D eigenvalue weighted by molar-refractivity contribution is 8.00. The fraction of sp³-hybridized carbons (Fsp3) is 0.0526. The van der Waals surface area contributed by atoms with Crippen molar-refractivity contribution >= 4 is 52.8 Å². The molecular weight excluding hydrogens is 609 g/mol.